The highest BCUT2D eigenvalue weighted by atomic mass is 19.1. The van der Waals surface area contributed by atoms with Crippen LogP contribution < -0.4 is 0 Å². The zero-order chi connectivity index (χ0) is 21.8. The van der Waals surface area contributed by atoms with Crippen LogP contribution >= 0.6 is 0 Å². The van der Waals surface area contributed by atoms with Gasteiger partial charge in [0.1, 0.15) is 17.3 Å². The number of carboxylic acids is 1. The lowest BCUT2D eigenvalue weighted by Crippen LogP contribution is -2.47. The molecule has 1 atom stereocenters. The highest BCUT2D eigenvalue weighted by Gasteiger charge is 2.27. The van der Waals surface area contributed by atoms with Crippen molar-refractivity contribution in [2.24, 2.45) is 0 Å². The zero-order valence-corrected chi connectivity index (χ0v) is 16.9. The van der Waals surface area contributed by atoms with E-state index in [-0.39, 0.29) is 11.7 Å². The van der Waals surface area contributed by atoms with Gasteiger partial charge in [0.15, 0.2) is 0 Å². The summed E-state index contributed by atoms with van der Waals surface area (Å²) >= 11 is 0. The van der Waals surface area contributed by atoms with Crippen molar-refractivity contribution in [3.05, 3.63) is 101 Å². The van der Waals surface area contributed by atoms with Gasteiger partial charge in [0.25, 0.3) is 0 Å². The number of aromatic carboxylic acids is 1. The average Bonchev–Trinajstić information content (AvgIpc) is 2.75. The van der Waals surface area contributed by atoms with Crippen LogP contribution in [0.4, 0.5) is 8.78 Å². The number of benzene rings is 2. The van der Waals surface area contributed by atoms with E-state index in [9.17, 15) is 13.6 Å². The second-order valence-corrected chi connectivity index (χ2v) is 7.65. The lowest BCUT2D eigenvalue weighted by molar-refractivity contribution is 0.0689. The fourth-order valence-corrected chi connectivity index (χ4v) is 4.08. The summed E-state index contributed by atoms with van der Waals surface area (Å²) < 4.78 is 27.9. The molecule has 3 aromatic rings. The molecule has 1 N–H and O–H groups in total. The van der Waals surface area contributed by atoms with Crippen molar-refractivity contribution in [2.75, 3.05) is 26.2 Å². The molecule has 160 valence electrons. The number of halogens is 2. The molecule has 7 heteroatoms. The number of hydrogen-bond donors (Lipinski definition) is 1. The van der Waals surface area contributed by atoms with E-state index < -0.39 is 17.6 Å². The van der Waals surface area contributed by atoms with Crippen molar-refractivity contribution in [1.29, 1.82) is 0 Å². The van der Waals surface area contributed by atoms with Gasteiger partial charge in [0.2, 0.25) is 0 Å². The molecule has 0 bridgehead atoms. The topological polar surface area (TPSA) is 56.7 Å². The molecule has 31 heavy (non-hydrogen) atoms. The molecule has 1 unspecified atom stereocenters. The second-order valence-electron chi connectivity index (χ2n) is 7.65. The molecule has 1 saturated heterocycles. The molecule has 0 radical (unpaired) electrons. The molecule has 4 rings (SSSR count). The van der Waals surface area contributed by atoms with Crippen molar-refractivity contribution in [3.8, 4) is 0 Å². The SMILES string of the molecule is O=C(O)c1cccc(CN2CCN(C(c3ccccc3)c3cc(F)cc(F)c3)CC2)n1. The van der Waals surface area contributed by atoms with Crippen LogP contribution in [-0.4, -0.2) is 52.0 Å². The van der Waals surface area contributed by atoms with Gasteiger partial charge in [0.05, 0.1) is 11.7 Å². The van der Waals surface area contributed by atoms with Gasteiger partial charge in [-0.2, -0.15) is 0 Å². The first kappa shape index (κ1) is 21.1. The normalized spacial score (nSPS) is 16.2. The maximum atomic E-state index is 13.9. The van der Waals surface area contributed by atoms with Crippen LogP contribution in [0.25, 0.3) is 0 Å². The van der Waals surface area contributed by atoms with Gasteiger partial charge in [0, 0.05) is 38.8 Å². The van der Waals surface area contributed by atoms with E-state index in [1.54, 1.807) is 6.07 Å². The molecule has 0 aliphatic carbocycles. The van der Waals surface area contributed by atoms with E-state index in [1.165, 1.54) is 18.2 Å². The molecule has 1 aliphatic rings. The summed E-state index contributed by atoms with van der Waals surface area (Å²) in [5.41, 5.74) is 2.32. The minimum absolute atomic E-state index is 0.0356. The molecule has 2 aromatic carbocycles. The van der Waals surface area contributed by atoms with Crippen molar-refractivity contribution >= 4 is 5.97 Å². The van der Waals surface area contributed by atoms with Gasteiger partial charge in [-0.1, -0.05) is 36.4 Å². The Hall–Kier alpha value is -3.16. The first-order valence-electron chi connectivity index (χ1n) is 10.2. The quantitative estimate of drug-likeness (QED) is 0.650. The van der Waals surface area contributed by atoms with Crippen molar-refractivity contribution in [1.82, 2.24) is 14.8 Å². The van der Waals surface area contributed by atoms with Gasteiger partial charge in [-0.3, -0.25) is 9.80 Å². The highest BCUT2D eigenvalue weighted by molar-refractivity contribution is 5.85. The van der Waals surface area contributed by atoms with Crippen LogP contribution in [-0.2, 0) is 6.54 Å². The first-order chi connectivity index (χ1) is 15.0. The Morgan fingerprint density at radius 2 is 1.58 bits per heavy atom. The van der Waals surface area contributed by atoms with Crippen molar-refractivity contribution in [3.63, 3.8) is 0 Å². The fourth-order valence-electron chi connectivity index (χ4n) is 4.08. The molecule has 2 heterocycles. The standard InChI is InChI=1S/C24H23F2N3O2/c25-19-13-18(14-20(26)15-19)23(17-5-2-1-3-6-17)29-11-9-28(10-12-29)16-21-7-4-8-22(27-21)24(30)31/h1-8,13-15,23H,9-12,16H2,(H,30,31). The van der Waals surface area contributed by atoms with Crippen LogP contribution in [0.15, 0.2) is 66.7 Å². The van der Waals surface area contributed by atoms with Crippen LogP contribution in [0.5, 0.6) is 0 Å². The van der Waals surface area contributed by atoms with Gasteiger partial charge in [-0.25, -0.2) is 18.6 Å². The largest absolute Gasteiger partial charge is 0.477 e. The van der Waals surface area contributed by atoms with Gasteiger partial charge in [-0.05, 0) is 35.4 Å². The predicted molar refractivity (Wildman–Crippen MR) is 113 cm³/mol. The first-order valence-corrected chi connectivity index (χ1v) is 10.2. The summed E-state index contributed by atoms with van der Waals surface area (Å²) in [6.45, 7) is 3.44. The summed E-state index contributed by atoms with van der Waals surface area (Å²) in [4.78, 5) is 19.8. The Kier molecular flexibility index (Phi) is 6.34. The Labute approximate surface area is 179 Å². The fraction of sp³-hybridized carbons (Fsp3) is 0.250. The van der Waals surface area contributed by atoms with E-state index in [0.717, 1.165) is 24.7 Å². The smallest absolute Gasteiger partial charge is 0.354 e. The molecule has 0 amide bonds. The van der Waals surface area contributed by atoms with Gasteiger partial charge < -0.3 is 5.11 Å². The summed E-state index contributed by atoms with van der Waals surface area (Å²) in [5.74, 6) is -2.21. The molecular formula is C24H23F2N3O2. The monoisotopic (exact) mass is 423 g/mol. The maximum absolute atomic E-state index is 13.9. The van der Waals surface area contributed by atoms with Gasteiger partial charge in [-0.15, -0.1) is 0 Å². The molecule has 0 spiro atoms. The van der Waals surface area contributed by atoms with Crippen LogP contribution in [0.3, 0.4) is 0 Å². The highest BCUT2D eigenvalue weighted by Crippen LogP contribution is 2.30. The Morgan fingerprint density at radius 1 is 0.903 bits per heavy atom. The summed E-state index contributed by atoms with van der Waals surface area (Å²) in [5, 5.41) is 9.13. The third-order valence-corrected chi connectivity index (χ3v) is 5.50. The van der Waals surface area contributed by atoms with E-state index in [0.29, 0.717) is 30.9 Å². The number of rotatable bonds is 6. The molecule has 0 saturated carbocycles. The number of hydrogen-bond acceptors (Lipinski definition) is 4. The summed E-state index contributed by atoms with van der Waals surface area (Å²) in [6.07, 6.45) is 0. The number of aromatic nitrogens is 1. The van der Waals surface area contributed by atoms with E-state index in [1.807, 2.05) is 36.4 Å². The lowest BCUT2D eigenvalue weighted by atomic mass is 9.96. The van der Waals surface area contributed by atoms with E-state index in [4.69, 9.17) is 5.11 Å². The third kappa shape index (κ3) is 5.13. The third-order valence-electron chi connectivity index (χ3n) is 5.50. The number of piperazine rings is 1. The second kappa shape index (κ2) is 9.32. The van der Waals surface area contributed by atoms with Crippen LogP contribution in [0.1, 0.15) is 33.4 Å². The molecular weight excluding hydrogens is 400 g/mol. The lowest BCUT2D eigenvalue weighted by Gasteiger charge is -2.39. The Morgan fingerprint density at radius 3 is 2.23 bits per heavy atom. The molecule has 5 nitrogen and oxygen atoms in total. The summed E-state index contributed by atoms with van der Waals surface area (Å²) in [7, 11) is 0. The molecule has 1 aromatic heterocycles. The van der Waals surface area contributed by atoms with Gasteiger partial charge >= 0.3 is 5.97 Å². The Bertz CT molecular complexity index is 1030. The zero-order valence-electron chi connectivity index (χ0n) is 16.9. The maximum Gasteiger partial charge on any atom is 0.354 e. The molecule has 1 aliphatic heterocycles. The minimum Gasteiger partial charge on any atom is -0.477 e. The number of carbonyl (C=O) groups is 1. The minimum atomic E-state index is -1.04. The summed E-state index contributed by atoms with van der Waals surface area (Å²) in [6, 6.07) is 18.2. The van der Waals surface area contributed by atoms with Crippen molar-refractivity contribution < 1.29 is 18.7 Å². The van der Waals surface area contributed by atoms with Crippen LogP contribution in [0.2, 0.25) is 0 Å². The van der Waals surface area contributed by atoms with Crippen LogP contribution in [0, 0.1) is 11.6 Å². The van der Waals surface area contributed by atoms with E-state index in [2.05, 4.69) is 14.8 Å². The van der Waals surface area contributed by atoms with E-state index >= 15 is 0 Å². The number of carboxylic acid groups (broad SMARTS) is 1. The Balaban J connectivity index is 1.50. The predicted octanol–water partition coefficient (Wildman–Crippen LogP) is 3.97. The molecule has 1 fully saturated rings. The number of nitrogens with zero attached hydrogens (tertiary/aromatic N) is 3. The average molecular weight is 423 g/mol. The van der Waals surface area contributed by atoms with Crippen molar-refractivity contribution in [2.45, 2.75) is 12.6 Å². The number of pyridine rings is 1.